The highest BCUT2D eigenvalue weighted by Crippen LogP contribution is 2.18. The van der Waals surface area contributed by atoms with Crippen LogP contribution >= 0.6 is 0 Å². The third kappa shape index (κ3) is 2.37. The molecule has 0 aliphatic carbocycles. The predicted molar refractivity (Wildman–Crippen MR) is 37.9 cm³/mol. The van der Waals surface area contributed by atoms with Gasteiger partial charge in [0.2, 0.25) is 5.82 Å². The molecular weight excluding hydrogens is 185 g/mol. The molecule has 1 rings (SSSR count). The summed E-state index contributed by atoms with van der Waals surface area (Å²) in [5.74, 6) is -1.55. The van der Waals surface area contributed by atoms with Crippen molar-refractivity contribution in [1.29, 1.82) is 0 Å². The number of alkyl halides is 2. The number of hydrogen-bond donors (Lipinski definition) is 0. The fourth-order valence-corrected chi connectivity index (χ4v) is 0.871. The smallest absolute Gasteiger partial charge is 0.388 e. The number of hydrogen-bond acceptors (Lipinski definition) is 2. The second-order valence-corrected chi connectivity index (χ2v) is 2.33. The first-order valence-corrected chi connectivity index (χ1v) is 3.74. The van der Waals surface area contributed by atoms with Gasteiger partial charge in [0.15, 0.2) is 6.20 Å². The number of rotatable bonds is 4. The lowest BCUT2D eigenvalue weighted by molar-refractivity contribution is -0.0582. The minimum Gasteiger partial charge on any atom is -0.414 e. The molecule has 0 N–H and O–H groups in total. The molecule has 3 nitrogen and oxygen atoms in total. The van der Waals surface area contributed by atoms with Crippen LogP contribution in [0.2, 0.25) is 0 Å². The number of ether oxygens (including phenoxy) is 1. The van der Waals surface area contributed by atoms with E-state index in [9.17, 15) is 13.2 Å². The molecule has 0 aliphatic heterocycles. The fraction of sp³-hybridized carbons (Fsp3) is 0.571. The molecule has 0 saturated heterocycles. The number of halogens is 3. The first kappa shape index (κ1) is 9.88. The Morgan fingerprint density at radius 1 is 1.62 bits per heavy atom. The van der Waals surface area contributed by atoms with E-state index in [-0.39, 0.29) is 0 Å². The fourth-order valence-electron chi connectivity index (χ4n) is 0.871. The molecule has 0 bridgehead atoms. The van der Waals surface area contributed by atoms with Gasteiger partial charge in [0.25, 0.3) is 5.88 Å². The quantitative estimate of drug-likeness (QED) is 0.729. The molecule has 6 heteroatoms. The van der Waals surface area contributed by atoms with Gasteiger partial charge in [-0.2, -0.15) is 18.3 Å². The molecule has 73 valence electrons. The van der Waals surface area contributed by atoms with Crippen LogP contribution in [0.1, 0.15) is 13.3 Å². The maximum Gasteiger partial charge on any atom is 0.388 e. The average Bonchev–Trinajstić information content (AvgIpc) is 2.36. The third-order valence-corrected chi connectivity index (χ3v) is 1.33. The second kappa shape index (κ2) is 4.15. The van der Waals surface area contributed by atoms with E-state index in [1.54, 1.807) is 0 Å². The van der Waals surface area contributed by atoms with Gasteiger partial charge in [-0.1, -0.05) is 6.92 Å². The summed E-state index contributed by atoms with van der Waals surface area (Å²) in [6, 6.07) is 0. The van der Waals surface area contributed by atoms with Gasteiger partial charge in [-0.3, -0.25) is 0 Å². The van der Waals surface area contributed by atoms with Crippen molar-refractivity contribution in [2.45, 2.75) is 26.5 Å². The Kier molecular flexibility index (Phi) is 3.16. The van der Waals surface area contributed by atoms with Gasteiger partial charge in [0, 0.05) is 6.54 Å². The average molecular weight is 193 g/mol. The van der Waals surface area contributed by atoms with Gasteiger partial charge in [-0.05, 0) is 6.42 Å². The first-order chi connectivity index (χ1) is 6.15. The Morgan fingerprint density at radius 3 is 2.85 bits per heavy atom. The highest BCUT2D eigenvalue weighted by Gasteiger charge is 2.16. The molecule has 0 unspecified atom stereocenters. The van der Waals surface area contributed by atoms with E-state index in [4.69, 9.17) is 0 Å². The molecule has 0 saturated carbocycles. The summed E-state index contributed by atoms with van der Waals surface area (Å²) < 4.78 is 41.2. The Morgan fingerprint density at radius 2 is 2.31 bits per heavy atom. The van der Waals surface area contributed by atoms with Crippen molar-refractivity contribution in [2.24, 2.45) is 0 Å². The number of nitrogens with zero attached hydrogens (tertiary/aromatic N) is 2. The Balaban J connectivity index is 2.81. The number of aryl methyl sites for hydroxylation is 1. The Labute approximate surface area is 73.1 Å². The summed E-state index contributed by atoms with van der Waals surface area (Å²) in [6.45, 7) is -0.913. The standard InChI is InChI=1S/C7H8F3N2O/c1-2-3-12-6(13-7(9)10)5(8)4-11-12/h7H,2-3H2,1H3. The van der Waals surface area contributed by atoms with E-state index in [2.05, 4.69) is 9.84 Å². The van der Waals surface area contributed by atoms with Crippen LogP contribution in [0.25, 0.3) is 0 Å². The van der Waals surface area contributed by atoms with E-state index in [1.165, 1.54) is 0 Å². The SMILES string of the molecule is CCCn1n[c]c(F)c1OC(F)F. The molecular formula is C7H8F3N2O. The van der Waals surface area contributed by atoms with Gasteiger partial charge in [0.1, 0.15) is 0 Å². The van der Waals surface area contributed by atoms with E-state index in [0.29, 0.717) is 13.0 Å². The van der Waals surface area contributed by atoms with Crippen LogP contribution in [0, 0.1) is 12.0 Å². The summed E-state index contributed by atoms with van der Waals surface area (Å²) in [5.41, 5.74) is 0. The van der Waals surface area contributed by atoms with Crippen LogP contribution in [0.15, 0.2) is 0 Å². The highest BCUT2D eigenvalue weighted by molar-refractivity contribution is 5.10. The van der Waals surface area contributed by atoms with Gasteiger partial charge in [0.05, 0.1) is 0 Å². The maximum atomic E-state index is 12.7. The first-order valence-electron chi connectivity index (χ1n) is 3.74. The van der Waals surface area contributed by atoms with Crippen molar-refractivity contribution in [3.8, 4) is 5.88 Å². The van der Waals surface area contributed by atoms with Gasteiger partial charge in [-0.25, -0.2) is 4.68 Å². The summed E-state index contributed by atoms with van der Waals surface area (Å²) in [7, 11) is 0. The maximum absolute atomic E-state index is 12.7. The molecule has 0 amide bonds. The summed E-state index contributed by atoms with van der Waals surface area (Å²) in [6.07, 6.45) is 2.56. The monoisotopic (exact) mass is 193 g/mol. The predicted octanol–water partition coefficient (Wildman–Crippen LogP) is 1.83. The van der Waals surface area contributed by atoms with Crippen LogP contribution in [-0.4, -0.2) is 16.4 Å². The van der Waals surface area contributed by atoms with Crippen LogP contribution in [-0.2, 0) is 6.54 Å². The van der Waals surface area contributed by atoms with Gasteiger partial charge >= 0.3 is 6.61 Å². The highest BCUT2D eigenvalue weighted by atomic mass is 19.3. The van der Waals surface area contributed by atoms with Crippen LogP contribution in [0.3, 0.4) is 0 Å². The lowest BCUT2D eigenvalue weighted by Gasteiger charge is -2.06. The van der Waals surface area contributed by atoms with Crippen molar-refractivity contribution in [3.05, 3.63) is 12.0 Å². The van der Waals surface area contributed by atoms with E-state index in [1.807, 2.05) is 13.1 Å². The van der Waals surface area contributed by atoms with E-state index >= 15 is 0 Å². The molecule has 1 aromatic heterocycles. The lowest BCUT2D eigenvalue weighted by atomic mass is 10.5. The van der Waals surface area contributed by atoms with Crippen molar-refractivity contribution in [1.82, 2.24) is 9.78 Å². The van der Waals surface area contributed by atoms with Crippen molar-refractivity contribution >= 4 is 0 Å². The lowest BCUT2D eigenvalue weighted by Crippen LogP contribution is -2.09. The Bertz CT molecular complexity index is 275. The van der Waals surface area contributed by atoms with Crippen LogP contribution < -0.4 is 4.74 Å². The molecule has 0 fully saturated rings. The summed E-state index contributed by atoms with van der Waals surface area (Å²) in [5, 5.41) is 3.42. The zero-order chi connectivity index (χ0) is 9.84. The zero-order valence-electron chi connectivity index (χ0n) is 6.93. The normalized spacial score (nSPS) is 10.8. The molecule has 1 aromatic rings. The second-order valence-electron chi connectivity index (χ2n) is 2.33. The van der Waals surface area contributed by atoms with E-state index < -0.39 is 18.3 Å². The molecule has 1 heterocycles. The molecule has 1 radical (unpaired) electrons. The van der Waals surface area contributed by atoms with Crippen molar-refractivity contribution in [2.75, 3.05) is 0 Å². The van der Waals surface area contributed by atoms with E-state index in [0.717, 1.165) is 4.68 Å². The third-order valence-electron chi connectivity index (χ3n) is 1.33. The zero-order valence-corrected chi connectivity index (χ0v) is 6.93. The van der Waals surface area contributed by atoms with Crippen LogP contribution in [0.5, 0.6) is 5.88 Å². The summed E-state index contributed by atoms with van der Waals surface area (Å²) in [4.78, 5) is 0. The molecule has 0 atom stereocenters. The number of aromatic nitrogens is 2. The van der Waals surface area contributed by atoms with Gasteiger partial charge < -0.3 is 4.74 Å². The van der Waals surface area contributed by atoms with Gasteiger partial charge in [-0.15, -0.1) is 0 Å². The van der Waals surface area contributed by atoms with Crippen molar-refractivity contribution < 1.29 is 17.9 Å². The molecule has 13 heavy (non-hydrogen) atoms. The molecule has 0 aromatic carbocycles. The Hall–Kier alpha value is -1.20. The van der Waals surface area contributed by atoms with Crippen molar-refractivity contribution in [3.63, 3.8) is 0 Å². The molecule has 0 aliphatic rings. The minimum atomic E-state index is -3.05. The minimum absolute atomic E-state index is 0.322. The molecule has 0 spiro atoms. The topological polar surface area (TPSA) is 27.1 Å². The summed E-state index contributed by atoms with van der Waals surface area (Å²) >= 11 is 0. The largest absolute Gasteiger partial charge is 0.414 e. The van der Waals surface area contributed by atoms with Crippen LogP contribution in [0.4, 0.5) is 13.2 Å².